The number of hydrogen-bond acceptors (Lipinski definition) is 1. The quantitative estimate of drug-likeness (QED) is 0.538. The molecule has 0 bridgehead atoms. The fourth-order valence-electron chi connectivity index (χ4n) is 1.22. The zero-order valence-electron chi connectivity index (χ0n) is 7.31. The molecule has 1 atom stereocenters. The molecule has 0 aromatic carbocycles. The highest BCUT2D eigenvalue weighted by Gasteiger charge is 2.14. The summed E-state index contributed by atoms with van der Waals surface area (Å²) in [7, 11) is 2.16. The van der Waals surface area contributed by atoms with Crippen LogP contribution in [-0.4, -0.2) is 25.1 Å². The summed E-state index contributed by atoms with van der Waals surface area (Å²) in [6.45, 7) is 4.60. The van der Waals surface area contributed by atoms with Gasteiger partial charge in [-0.1, -0.05) is 13.3 Å². The molecule has 3 heteroatoms. The summed E-state index contributed by atoms with van der Waals surface area (Å²) in [6.07, 6.45) is 7.09. The topological polar surface area (TPSA) is 7.68 Å². The van der Waals surface area contributed by atoms with Crippen molar-refractivity contribution in [2.24, 2.45) is 0 Å². The second kappa shape index (κ2) is 5.97. The van der Waals surface area contributed by atoms with Crippen molar-refractivity contribution in [3.63, 3.8) is 0 Å². The first-order chi connectivity index (χ1) is 4.84. The number of halogens is 1. The Morgan fingerprint density at radius 1 is 1.55 bits per heavy atom. The third-order valence-corrected chi connectivity index (χ3v) is 1.97. The second-order valence-corrected chi connectivity index (χ2v) is 2.88. The van der Waals surface area contributed by atoms with Crippen LogP contribution >= 0.6 is 0 Å². The average molecular weight is 268 g/mol. The van der Waals surface area contributed by atoms with Crippen molar-refractivity contribution in [3.8, 4) is 0 Å². The van der Waals surface area contributed by atoms with E-state index in [1.807, 2.05) is 0 Å². The molecule has 0 aliphatic carbocycles. The van der Waals surface area contributed by atoms with Crippen molar-refractivity contribution in [1.82, 2.24) is 5.01 Å². The highest BCUT2D eigenvalue weighted by molar-refractivity contribution is 4.78. The smallest absolute Gasteiger partial charge is 0.111 e. The van der Waals surface area contributed by atoms with E-state index in [2.05, 4.69) is 31.3 Å². The van der Waals surface area contributed by atoms with Gasteiger partial charge in [0.1, 0.15) is 6.20 Å². The van der Waals surface area contributed by atoms with Gasteiger partial charge in [0.2, 0.25) is 0 Å². The van der Waals surface area contributed by atoms with Crippen LogP contribution in [0.25, 0.3) is 0 Å². The molecule has 11 heavy (non-hydrogen) atoms. The molecule has 1 N–H and O–H groups in total. The van der Waals surface area contributed by atoms with Gasteiger partial charge >= 0.3 is 0 Å². The molecule has 1 unspecified atom stereocenters. The minimum atomic E-state index is 0. The number of nitrogens with one attached hydrogen (secondary N) is 1. The van der Waals surface area contributed by atoms with Gasteiger partial charge in [0.25, 0.3) is 0 Å². The summed E-state index contributed by atoms with van der Waals surface area (Å²) in [6, 6.07) is 0. The number of quaternary nitrogens is 1. The molecular weight excluding hydrogens is 251 g/mol. The summed E-state index contributed by atoms with van der Waals surface area (Å²) in [5.74, 6) is 0. The summed E-state index contributed by atoms with van der Waals surface area (Å²) in [4.78, 5) is 0. The SMILES string of the molecule is CCCC[NH+]1C=CCN1C.[I-]. The Kier molecular flexibility index (Phi) is 6.18. The van der Waals surface area contributed by atoms with Crippen LogP contribution < -0.4 is 29.0 Å². The zero-order valence-corrected chi connectivity index (χ0v) is 9.47. The lowest BCUT2D eigenvalue weighted by Crippen LogP contribution is -3.12. The van der Waals surface area contributed by atoms with Gasteiger partial charge in [-0.3, -0.25) is 0 Å². The Hall–Kier alpha value is 0.390. The molecule has 0 spiro atoms. The summed E-state index contributed by atoms with van der Waals surface area (Å²) < 4.78 is 0. The highest BCUT2D eigenvalue weighted by atomic mass is 127. The molecule has 1 aliphatic heterocycles. The van der Waals surface area contributed by atoms with E-state index in [9.17, 15) is 0 Å². The van der Waals surface area contributed by atoms with Crippen LogP contribution in [0.3, 0.4) is 0 Å². The molecule has 2 nitrogen and oxygen atoms in total. The van der Waals surface area contributed by atoms with Gasteiger partial charge in [0.05, 0.1) is 13.1 Å². The predicted octanol–water partition coefficient (Wildman–Crippen LogP) is -2.95. The van der Waals surface area contributed by atoms with Gasteiger partial charge < -0.3 is 24.0 Å². The zero-order chi connectivity index (χ0) is 7.40. The van der Waals surface area contributed by atoms with Crippen molar-refractivity contribution in [2.75, 3.05) is 20.1 Å². The predicted molar refractivity (Wildman–Crippen MR) is 42.5 cm³/mol. The largest absolute Gasteiger partial charge is 1.00 e. The number of likely N-dealkylation sites (N-methyl/N-ethyl adjacent to an activating group) is 1. The minimum absolute atomic E-state index is 0. The fraction of sp³-hybridized carbons (Fsp3) is 0.750. The Bertz CT molecular complexity index is 125. The monoisotopic (exact) mass is 268 g/mol. The molecule has 1 rings (SSSR count). The van der Waals surface area contributed by atoms with Crippen LogP contribution in [0.2, 0.25) is 0 Å². The molecule has 0 amide bonds. The van der Waals surface area contributed by atoms with E-state index in [1.54, 1.807) is 0 Å². The normalized spacial score (nSPS) is 23.6. The van der Waals surface area contributed by atoms with E-state index in [0.29, 0.717) is 0 Å². The van der Waals surface area contributed by atoms with Crippen molar-refractivity contribution in [2.45, 2.75) is 19.8 Å². The van der Waals surface area contributed by atoms with Crippen LogP contribution in [0.5, 0.6) is 0 Å². The first-order valence-electron chi connectivity index (χ1n) is 4.08. The molecule has 0 fully saturated rings. The lowest BCUT2D eigenvalue weighted by atomic mass is 10.3. The van der Waals surface area contributed by atoms with E-state index in [0.717, 1.165) is 6.54 Å². The highest BCUT2D eigenvalue weighted by Crippen LogP contribution is 1.84. The molecule has 1 aliphatic rings. The maximum atomic E-state index is 2.32. The van der Waals surface area contributed by atoms with Crippen LogP contribution in [0.1, 0.15) is 19.8 Å². The molecule has 0 radical (unpaired) electrons. The Balaban J connectivity index is 0.000001000. The van der Waals surface area contributed by atoms with Crippen LogP contribution in [-0.2, 0) is 0 Å². The van der Waals surface area contributed by atoms with Crippen LogP contribution in [0.15, 0.2) is 12.3 Å². The third kappa shape index (κ3) is 3.53. The van der Waals surface area contributed by atoms with Crippen molar-refractivity contribution in [3.05, 3.63) is 12.3 Å². The standard InChI is InChI=1S/C8H16N2.HI/c1-3-4-7-10-8-5-6-9(10)2;/h5,8H,3-4,6-7H2,1-2H3;1H. The summed E-state index contributed by atoms with van der Waals surface area (Å²) in [5, 5.41) is 3.82. The van der Waals surface area contributed by atoms with Crippen molar-refractivity contribution in [1.29, 1.82) is 0 Å². The number of unbranched alkanes of at least 4 members (excludes halogenated alkanes) is 1. The number of rotatable bonds is 3. The van der Waals surface area contributed by atoms with Crippen molar-refractivity contribution < 1.29 is 29.0 Å². The average Bonchev–Trinajstić information content (AvgIpc) is 2.31. The van der Waals surface area contributed by atoms with Crippen LogP contribution in [0, 0.1) is 0 Å². The number of hydrogen-bond donors (Lipinski definition) is 1. The maximum Gasteiger partial charge on any atom is 0.111 e. The molecule has 0 aromatic heterocycles. The Morgan fingerprint density at radius 3 is 2.73 bits per heavy atom. The number of nitrogens with zero attached hydrogens (tertiary/aromatic N) is 1. The van der Waals surface area contributed by atoms with Gasteiger partial charge in [0.15, 0.2) is 0 Å². The second-order valence-electron chi connectivity index (χ2n) is 2.88. The van der Waals surface area contributed by atoms with E-state index in [4.69, 9.17) is 0 Å². The third-order valence-electron chi connectivity index (χ3n) is 1.97. The summed E-state index contributed by atoms with van der Waals surface area (Å²) in [5.41, 5.74) is 0. The van der Waals surface area contributed by atoms with Gasteiger partial charge in [-0.2, -0.15) is 5.01 Å². The van der Waals surface area contributed by atoms with Gasteiger partial charge in [-0.15, -0.1) is 0 Å². The summed E-state index contributed by atoms with van der Waals surface area (Å²) >= 11 is 0. The van der Waals surface area contributed by atoms with E-state index >= 15 is 0 Å². The first kappa shape index (κ1) is 11.4. The fourth-order valence-corrected chi connectivity index (χ4v) is 1.22. The molecular formula is C8H17IN2. The van der Waals surface area contributed by atoms with Crippen molar-refractivity contribution >= 4 is 0 Å². The van der Waals surface area contributed by atoms with Gasteiger partial charge in [-0.25, -0.2) is 5.01 Å². The van der Waals surface area contributed by atoms with Gasteiger partial charge in [0, 0.05) is 7.05 Å². The molecule has 1 heterocycles. The minimum Gasteiger partial charge on any atom is -1.00 e. The van der Waals surface area contributed by atoms with E-state index < -0.39 is 0 Å². The van der Waals surface area contributed by atoms with Gasteiger partial charge in [-0.05, 0) is 12.5 Å². The van der Waals surface area contributed by atoms with E-state index in [1.165, 1.54) is 24.4 Å². The Morgan fingerprint density at radius 2 is 2.27 bits per heavy atom. The Labute approximate surface area is 86.2 Å². The maximum absolute atomic E-state index is 2.32. The van der Waals surface area contributed by atoms with E-state index in [-0.39, 0.29) is 24.0 Å². The lowest BCUT2D eigenvalue weighted by molar-refractivity contribution is -0.960. The lowest BCUT2D eigenvalue weighted by Gasteiger charge is -2.17. The molecule has 66 valence electrons. The molecule has 0 saturated carbocycles. The molecule has 0 saturated heterocycles. The first-order valence-corrected chi connectivity index (χ1v) is 4.08. The van der Waals surface area contributed by atoms with Crippen LogP contribution in [0.4, 0.5) is 0 Å². The molecule has 0 aromatic rings.